The van der Waals surface area contributed by atoms with Crippen molar-refractivity contribution in [1.29, 1.82) is 0 Å². The first-order valence-electron chi connectivity index (χ1n) is 7.69. The van der Waals surface area contributed by atoms with Gasteiger partial charge in [0.15, 0.2) is 0 Å². The first-order valence-corrected chi connectivity index (χ1v) is 7.69. The smallest absolute Gasteiger partial charge is 0.396 e. The third kappa shape index (κ3) is 5.22. The summed E-state index contributed by atoms with van der Waals surface area (Å²) in [5.41, 5.74) is -1.68. The molecule has 2 aromatic rings. The highest BCUT2D eigenvalue weighted by Gasteiger charge is 2.33. The Morgan fingerprint density at radius 1 is 0.808 bits per heavy atom. The van der Waals surface area contributed by atoms with Crippen molar-refractivity contribution in [1.82, 2.24) is 0 Å². The summed E-state index contributed by atoms with van der Waals surface area (Å²) in [6.07, 6.45) is -10.1. The first kappa shape index (κ1) is 20.3. The lowest BCUT2D eigenvalue weighted by atomic mass is 9.97. The van der Waals surface area contributed by atoms with E-state index in [9.17, 15) is 26.3 Å². The maximum atomic E-state index is 12.9. The molecule has 0 amide bonds. The number of benzene rings is 2. The molecular weight excluding hydrogens is 362 g/mol. The van der Waals surface area contributed by atoms with Crippen molar-refractivity contribution in [2.45, 2.75) is 24.9 Å². The number of hydrogen-bond donors (Lipinski definition) is 1. The van der Waals surface area contributed by atoms with Crippen LogP contribution in [0.4, 0.5) is 26.3 Å². The number of aliphatic hydroxyl groups excluding tert-OH is 1. The van der Waals surface area contributed by atoms with Gasteiger partial charge >= 0.3 is 12.4 Å². The molecule has 0 radical (unpaired) electrons. The molecule has 0 saturated heterocycles. The molecule has 0 saturated carbocycles. The first-order chi connectivity index (χ1) is 12.1. The summed E-state index contributed by atoms with van der Waals surface area (Å²) in [6, 6.07) is 8.52. The zero-order valence-electron chi connectivity index (χ0n) is 13.4. The Hall–Kier alpha value is -2.06. The van der Waals surface area contributed by atoms with Crippen LogP contribution >= 0.6 is 0 Å². The fourth-order valence-corrected chi connectivity index (χ4v) is 2.41. The summed E-state index contributed by atoms with van der Waals surface area (Å²) in [7, 11) is 0. The van der Waals surface area contributed by atoms with Crippen molar-refractivity contribution in [2.24, 2.45) is 0 Å². The lowest BCUT2D eigenvalue weighted by Crippen LogP contribution is -2.12. The van der Waals surface area contributed by atoms with Crippen molar-refractivity contribution in [3.05, 3.63) is 70.8 Å². The zero-order valence-corrected chi connectivity index (χ0v) is 13.4. The van der Waals surface area contributed by atoms with Crippen molar-refractivity contribution >= 4 is 0 Å². The van der Waals surface area contributed by atoms with Crippen LogP contribution in [0.25, 0.3) is 0 Å². The molecule has 0 aliphatic heterocycles. The van der Waals surface area contributed by atoms with Crippen molar-refractivity contribution in [3.8, 4) is 0 Å². The summed E-state index contributed by atoms with van der Waals surface area (Å²) in [6.45, 7) is -0.231. The van der Waals surface area contributed by atoms with Gasteiger partial charge in [0.2, 0.25) is 0 Å². The van der Waals surface area contributed by atoms with Gasteiger partial charge in [-0.2, -0.15) is 26.3 Å². The largest absolute Gasteiger partial charge is 0.416 e. The van der Waals surface area contributed by atoms with Gasteiger partial charge in [0.05, 0.1) is 17.7 Å². The van der Waals surface area contributed by atoms with E-state index in [0.717, 1.165) is 24.3 Å². The summed E-state index contributed by atoms with van der Waals surface area (Å²) in [4.78, 5) is 0. The minimum Gasteiger partial charge on any atom is -0.396 e. The molecule has 0 fully saturated rings. The van der Waals surface area contributed by atoms with Crippen LogP contribution in [0.1, 0.15) is 34.8 Å². The van der Waals surface area contributed by atoms with Crippen LogP contribution in [0.3, 0.4) is 0 Å². The molecule has 0 aliphatic rings. The topological polar surface area (TPSA) is 29.5 Å². The van der Waals surface area contributed by atoms with E-state index in [-0.39, 0.29) is 30.8 Å². The summed E-state index contributed by atoms with van der Waals surface area (Å²) in [5, 5.41) is 8.84. The average Bonchev–Trinajstić information content (AvgIpc) is 2.57. The molecule has 2 nitrogen and oxygen atoms in total. The molecule has 1 N–H and O–H groups in total. The molecule has 0 bridgehead atoms. The van der Waals surface area contributed by atoms with Crippen molar-refractivity contribution in [2.75, 3.05) is 13.2 Å². The molecular formula is C18H16F6O2. The van der Waals surface area contributed by atoms with E-state index >= 15 is 0 Å². The molecule has 0 heterocycles. The lowest BCUT2D eigenvalue weighted by Gasteiger charge is -2.21. The molecule has 2 rings (SSSR count). The van der Waals surface area contributed by atoms with Gasteiger partial charge in [0.1, 0.15) is 6.10 Å². The second-order valence-corrected chi connectivity index (χ2v) is 5.57. The van der Waals surface area contributed by atoms with Gasteiger partial charge in [-0.3, -0.25) is 0 Å². The van der Waals surface area contributed by atoms with Gasteiger partial charge in [0.25, 0.3) is 0 Å². The van der Waals surface area contributed by atoms with Gasteiger partial charge < -0.3 is 9.84 Å². The van der Waals surface area contributed by atoms with Gasteiger partial charge in [0, 0.05) is 6.61 Å². The molecule has 0 unspecified atom stereocenters. The number of ether oxygens (including phenoxy) is 1. The Bertz CT molecular complexity index is 667. The lowest BCUT2D eigenvalue weighted by molar-refractivity contribution is -0.138. The van der Waals surface area contributed by atoms with E-state index < -0.39 is 29.6 Å². The number of rotatable bonds is 6. The Kier molecular flexibility index (Phi) is 6.30. The third-order valence-electron chi connectivity index (χ3n) is 3.62. The van der Waals surface area contributed by atoms with Crippen molar-refractivity contribution < 1.29 is 36.2 Å². The second-order valence-electron chi connectivity index (χ2n) is 5.57. The van der Waals surface area contributed by atoms with Crippen LogP contribution in [-0.4, -0.2) is 18.3 Å². The number of aliphatic hydroxyl groups is 1. The zero-order chi connectivity index (χ0) is 19.4. The molecule has 0 atom stereocenters. The quantitative estimate of drug-likeness (QED) is 0.552. The number of alkyl halides is 6. The molecule has 2 aromatic carbocycles. The normalized spacial score (nSPS) is 12.6. The maximum Gasteiger partial charge on any atom is 0.416 e. The fraction of sp³-hybridized carbons (Fsp3) is 0.333. The van der Waals surface area contributed by atoms with E-state index in [1.54, 1.807) is 0 Å². The molecule has 0 aromatic heterocycles. The third-order valence-corrected chi connectivity index (χ3v) is 3.62. The summed E-state index contributed by atoms with van der Waals surface area (Å²) in [5.74, 6) is 0. The van der Waals surface area contributed by atoms with Gasteiger partial charge in [-0.15, -0.1) is 0 Å². The van der Waals surface area contributed by atoms with E-state index in [4.69, 9.17) is 9.84 Å². The monoisotopic (exact) mass is 378 g/mol. The fourth-order valence-electron chi connectivity index (χ4n) is 2.41. The van der Waals surface area contributed by atoms with Crippen LogP contribution < -0.4 is 0 Å². The van der Waals surface area contributed by atoms with E-state index in [1.165, 1.54) is 24.3 Å². The van der Waals surface area contributed by atoms with E-state index in [0.29, 0.717) is 0 Å². The Morgan fingerprint density at radius 3 is 1.65 bits per heavy atom. The number of halogens is 6. The van der Waals surface area contributed by atoms with Gasteiger partial charge in [-0.05, 0) is 41.8 Å². The van der Waals surface area contributed by atoms with Crippen LogP contribution in [0.15, 0.2) is 48.5 Å². The van der Waals surface area contributed by atoms with Crippen LogP contribution in [0, 0.1) is 0 Å². The second kappa shape index (κ2) is 8.09. The molecule has 26 heavy (non-hydrogen) atoms. The Balaban J connectivity index is 2.44. The highest BCUT2D eigenvalue weighted by Crippen LogP contribution is 2.36. The Labute approximate surface area is 146 Å². The van der Waals surface area contributed by atoms with Crippen LogP contribution in [-0.2, 0) is 17.1 Å². The van der Waals surface area contributed by atoms with Crippen molar-refractivity contribution in [3.63, 3.8) is 0 Å². The molecule has 0 aliphatic carbocycles. The predicted molar refractivity (Wildman–Crippen MR) is 82.4 cm³/mol. The minimum atomic E-state index is -4.58. The molecule has 8 heteroatoms. The SMILES string of the molecule is OCCCOC(c1cccc(C(F)(F)F)c1)c1cccc(C(F)(F)F)c1. The Morgan fingerprint density at radius 2 is 1.27 bits per heavy atom. The highest BCUT2D eigenvalue weighted by molar-refractivity contribution is 5.36. The molecule has 142 valence electrons. The van der Waals surface area contributed by atoms with E-state index in [2.05, 4.69) is 0 Å². The highest BCUT2D eigenvalue weighted by atomic mass is 19.4. The average molecular weight is 378 g/mol. The standard InChI is InChI=1S/C18H16F6O2/c19-17(20,21)14-6-1-4-12(10-14)16(26-9-3-8-25)13-5-2-7-15(11-13)18(22,23)24/h1-2,4-7,10-11,16,25H,3,8-9H2. The predicted octanol–water partition coefficient (Wildman–Crippen LogP) is 5.21. The van der Waals surface area contributed by atoms with E-state index in [1.807, 2.05) is 0 Å². The number of hydrogen-bond acceptors (Lipinski definition) is 2. The van der Waals surface area contributed by atoms with Crippen LogP contribution in [0.5, 0.6) is 0 Å². The molecule has 0 spiro atoms. The maximum absolute atomic E-state index is 12.9. The minimum absolute atomic E-state index is 0.0202. The summed E-state index contributed by atoms with van der Waals surface area (Å²) >= 11 is 0. The van der Waals surface area contributed by atoms with Crippen LogP contribution in [0.2, 0.25) is 0 Å². The van der Waals surface area contributed by atoms with Gasteiger partial charge in [-0.25, -0.2) is 0 Å². The van der Waals surface area contributed by atoms with Gasteiger partial charge in [-0.1, -0.05) is 24.3 Å². The summed E-state index contributed by atoms with van der Waals surface area (Å²) < 4.78 is 83.1.